The van der Waals surface area contributed by atoms with Gasteiger partial charge in [-0.15, -0.1) is 0 Å². The van der Waals surface area contributed by atoms with Crippen molar-refractivity contribution in [3.8, 4) is 73.3 Å². The van der Waals surface area contributed by atoms with Gasteiger partial charge in [-0.1, -0.05) is 115 Å². The van der Waals surface area contributed by atoms with Gasteiger partial charge in [0.25, 0.3) is 0 Å². The van der Waals surface area contributed by atoms with Gasteiger partial charge in [-0.25, -0.2) is 8.78 Å². The van der Waals surface area contributed by atoms with E-state index >= 15 is 8.78 Å². The first-order valence-electron chi connectivity index (χ1n) is 21.7. The van der Waals surface area contributed by atoms with Gasteiger partial charge in [-0.2, -0.15) is 5.26 Å². The molecule has 12 rings (SSSR count). The second kappa shape index (κ2) is 15.7. The summed E-state index contributed by atoms with van der Waals surface area (Å²) in [5, 5.41) is 14.6. The van der Waals surface area contributed by atoms with Gasteiger partial charge >= 0.3 is 0 Å². The topological polar surface area (TPSA) is 59.4 Å². The van der Waals surface area contributed by atoms with Crippen molar-refractivity contribution in [2.75, 3.05) is 0 Å². The van der Waals surface area contributed by atoms with E-state index in [2.05, 4.69) is 76.7 Å². The van der Waals surface area contributed by atoms with E-state index in [9.17, 15) is 5.26 Å². The zero-order valence-corrected chi connectivity index (χ0v) is 35.2. The number of pyridine rings is 2. The highest BCUT2D eigenvalue weighted by Crippen LogP contribution is 2.45. The summed E-state index contributed by atoms with van der Waals surface area (Å²) in [6.07, 6.45) is 3.65. The lowest BCUT2D eigenvalue weighted by Crippen LogP contribution is -2.07. The number of fused-ring (bicyclic) bond motifs is 6. The zero-order chi connectivity index (χ0) is 44.3. The third-order valence-corrected chi connectivity index (χ3v) is 12.6. The van der Waals surface area contributed by atoms with Crippen molar-refractivity contribution in [3.63, 3.8) is 0 Å². The molecule has 0 saturated carbocycles. The number of rotatable bonds is 7. The van der Waals surface area contributed by atoms with Crippen LogP contribution < -0.4 is 0 Å². The number of hydrogen-bond acceptors (Lipinski definition) is 3. The molecule has 4 heterocycles. The number of benzene rings is 8. The van der Waals surface area contributed by atoms with E-state index in [1.165, 1.54) is 18.2 Å². The number of aromatic nitrogens is 4. The minimum Gasteiger partial charge on any atom is -0.308 e. The van der Waals surface area contributed by atoms with Gasteiger partial charge in [0.15, 0.2) is 0 Å². The molecule has 0 aliphatic carbocycles. The van der Waals surface area contributed by atoms with Gasteiger partial charge in [0, 0.05) is 50.6 Å². The second-order valence-corrected chi connectivity index (χ2v) is 16.4. The molecule has 5 nitrogen and oxygen atoms in total. The molecule has 0 saturated heterocycles. The molecule has 0 radical (unpaired) electrons. The van der Waals surface area contributed by atoms with Crippen molar-refractivity contribution >= 4 is 43.6 Å². The fraction of sp³-hybridized carbons (Fsp3) is 0. The Balaban J connectivity index is 1.12. The predicted octanol–water partition coefficient (Wildman–Crippen LogP) is 15.2. The summed E-state index contributed by atoms with van der Waals surface area (Å²) in [5.74, 6) is -1.43. The maximum atomic E-state index is 16.7. The van der Waals surface area contributed by atoms with Crippen LogP contribution in [0.5, 0.6) is 0 Å². The number of nitriles is 1. The largest absolute Gasteiger partial charge is 0.308 e. The molecule has 0 spiro atoms. The van der Waals surface area contributed by atoms with Gasteiger partial charge in [0.1, 0.15) is 11.6 Å². The van der Waals surface area contributed by atoms with Crippen LogP contribution in [-0.2, 0) is 0 Å². The van der Waals surface area contributed by atoms with Crippen LogP contribution in [0.3, 0.4) is 0 Å². The molecule has 7 heteroatoms. The molecule has 310 valence electrons. The summed E-state index contributed by atoms with van der Waals surface area (Å²) in [6.45, 7) is 0. The standard InChI is InChI=1S/C59H35F2N5/c60-48-18-11-19-49(61)58(48)59-56(65-52-20-9-7-16-44(52)46-32-40(22-24-54(46)65)42-26-28-63-50(34-42)38-12-3-1-4-13-38)30-37(36-62)31-57(59)66-53-21-10-8-17-45(53)47-33-41(23-25-55(47)66)43-27-29-64-51(35-43)39-14-5-2-6-15-39/h1-35H. The Bertz CT molecular complexity index is 3680. The minimum atomic E-state index is -0.716. The number of hydrogen-bond donors (Lipinski definition) is 0. The Morgan fingerprint density at radius 3 is 1.26 bits per heavy atom. The Labute approximate surface area is 378 Å². The quantitative estimate of drug-likeness (QED) is 0.160. The highest BCUT2D eigenvalue weighted by Gasteiger charge is 2.27. The minimum absolute atomic E-state index is 0.187. The van der Waals surface area contributed by atoms with Gasteiger partial charge < -0.3 is 9.13 Å². The van der Waals surface area contributed by atoms with Crippen LogP contribution in [0.1, 0.15) is 5.56 Å². The lowest BCUT2D eigenvalue weighted by molar-refractivity contribution is 0.589. The number of halogens is 2. The predicted molar refractivity (Wildman–Crippen MR) is 263 cm³/mol. The van der Waals surface area contributed by atoms with Crippen LogP contribution in [0, 0.1) is 23.0 Å². The first-order valence-corrected chi connectivity index (χ1v) is 21.7. The first kappa shape index (κ1) is 38.7. The maximum absolute atomic E-state index is 16.7. The summed E-state index contributed by atoms with van der Waals surface area (Å²) >= 11 is 0. The Morgan fingerprint density at radius 2 is 0.788 bits per heavy atom. The number of para-hydroxylation sites is 2. The second-order valence-electron chi connectivity index (χ2n) is 16.4. The molecule has 0 aliphatic heterocycles. The van der Waals surface area contributed by atoms with E-state index in [1.54, 1.807) is 12.1 Å². The zero-order valence-electron chi connectivity index (χ0n) is 35.2. The average Bonchev–Trinajstić information content (AvgIpc) is 3.89. The van der Waals surface area contributed by atoms with Crippen LogP contribution in [0.4, 0.5) is 8.78 Å². The summed E-state index contributed by atoms with van der Waals surface area (Å²) in [4.78, 5) is 9.33. The average molecular weight is 852 g/mol. The Kier molecular flexibility index (Phi) is 9.18. The molecular weight excluding hydrogens is 817 g/mol. The van der Waals surface area contributed by atoms with Crippen LogP contribution in [-0.4, -0.2) is 19.1 Å². The molecule has 0 N–H and O–H groups in total. The summed E-state index contributed by atoms with van der Waals surface area (Å²) < 4.78 is 37.4. The molecule has 0 atom stereocenters. The molecule has 12 aromatic rings. The van der Waals surface area contributed by atoms with Gasteiger partial charge in [0.2, 0.25) is 0 Å². The molecule has 0 fully saturated rings. The highest BCUT2D eigenvalue weighted by molar-refractivity contribution is 6.13. The molecule has 4 aromatic heterocycles. The number of nitrogens with zero attached hydrogens (tertiary/aromatic N) is 5. The van der Waals surface area contributed by atoms with Crippen LogP contribution >= 0.6 is 0 Å². The summed E-state index contributed by atoms with van der Waals surface area (Å²) in [5.41, 5.74) is 12.4. The molecule has 0 aliphatic rings. The third-order valence-electron chi connectivity index (χ3n) is 12.6. The normalized spacial score (nSPS) is 11.5. The van der Waals surface area contributed by atoms with Crippen LogP contribution in [0.15, 0.2) is 213 Å². The van der Waals surface area contributed by atoms with Gasteiger partial charge in [-0.3, -0.25) is 9.97 Å². The van der Waals surface area contributed by atoms with Crippen molar-refractivity contribution < 1.29 is 8.78 Å². The van der Waals surface area contributed by atoms with E-state index in [0.717, 1.165) is 88.4 Å². The molecule has 0 amide bonds. The summed E-state index contributed by atoms with van der Waals surface area (Å²) in [7, 11) is 0. The molecule has 0 unspecified atom stereocenters. The van der Waals surface area contributed by atoms with Crippen molar-refractivity contribution in [1.82, 2.24) is 19.1 Å². The van der Waals surface area contributed by atoms with E-state index in [0.29, 0.717) is 22.5 Å². The molecular formula is C59H35F2N5. The lowest BCUT2D eigenvalue weighted by Gasteiger charge is -2.21. The van der Waals surface area contributed by atoms with Gasteiger partial charge in [0.05, 0.1) is 62.0 Å². The van der Waals surface area contributed by atoms with E-state index < -0.39 is 11.6 Å². The van der Waals surface area contributed by atoms with Crippen LogP contribution in [0.25, 0.3) is 111 Å². The Hall–Kier alpha value is -8.99. The van der Waals surface area contributed by atoms with Crippen LogP contribution in [0.2, 0.25) is 0 Å². The first-order chi connectivity index (χ1) is 32.5. The third kappa shape index (κ3) is 6.35. The van der Waals surface area contributed by atoms with Crippen molar-refractivity contribution in [2.45, 2.75) is 0 Å². The molecule has 66 heavy (non-hydrogen) atoms. The Morgan fingerprint density at radius 1 is 0.364 bits per heavy atom. The van der Waals surface area contributed by atoms with Crippen molar-refractivity contribution in [2.24, 2.45) is 0 Å². The SMILES string of the molecule is N#Cc1cc(-n2c3ccccc3c3cc(-c4ccnc(-c5ccccc5)c4)ccc32)c(-c2c(F)cccc2F)c(-n2c3ccccc3c3cc(-c4ccnc(-c5ccccc5)c4)ccc32)c1. The van der Waals surface area contributed by atoms with E-state index in [1.807, 2.05) is 131 Å². The van der Waals surface area contributed by atoms with E-state index in [4.69, 9.17) is 0 Å². The van der Waals surface area contributed by atoms with E-state index in [-0.39, 0.29) is 5.56 Å². The highest BCUT2D eigenvalue weighted by atomic mass is 19.1. The molecule has 8 aromatic carbocycles. The fourth-order valence-corrected chi connectivity index (χ4v) is 9.60. The molecule has 0 bridgehead atoms. The van der Waals surface area contributed by atoms with Crippen molar-refractivity contribution in [1.29, 1.82) is 5.26 Å². The van der Waals surface area contributed by atoms with Gasteiger partial charge in [-0.05, 0) is 107 Å². The lowest BCUT2D eigenvalue weighted by atomic mass is 9.97. The fourth-order valence-electron chi connectivity index (χ4n) is 9.60. The van der Waals surface area contributed by atoms with Crippen molar-refractivity contribution in [3.05, 3.63) is 230 Å². The smallest absolute Gasteiger partial charge is 0.134 e. The monoisotopic (exact) mass is 851 g/mol. The maximum Gasteiger partial charge on any atom is 0.134 e. The summed E-state index contributed by atoms with van der Waals surface area (Å²) in [6, 6.07) is 66.8.